The number of rotatable bonds is 5. The molecule has 0 saturated heterocycles. The zero-order valence-corrected chi connectivity index (χ0v) is 12.6. The Morgan fingerprint density at radius 1 is 0.957 bits per heavy atom. The Balaban J connectivity index is 1.60. The molecule has 3 heteroatoms. The quantitative estimate of drug-likeness (QED) is 0.656. The van der Waals surface area contributed by atoms with Crippen molar-refractivity contribution in [2.75, 3.05) is 6.61 Å². The summed E-state index contributed by atoms with van der Waals surface area (Å²) in [7, 11) is 0. The predicted molar refractivity (Wildman–Crippen MR) is 91.5 cm³/mol. The fourth-order valence-corrected chi connectivity index (χ4v) is 2.26. The van der Waals surface area contributed by atoms with Gasteiger partial charge in [-0.15, -0.1) is 0 Å². The number of nitrogens with zero attached hydrogens (tertiary/aromatic N) is 1. The Hall–Kier alpha value is -3.07. The number of carbonyl (C=O) groups is 1. The van der Waals surface area contributed by atoms with Crippen LogP contribution in [-0.2, 0) is 4.74 Å². The van der Waals surface area contributed by atoms with Crippen molar-refractivity contribution in [3.8, 4) is 5.69 Å². The van der Waals surface area contributed by atoms with Gasteiger partial charge in [0, 0.05) is 18.1 Å². The van der Waals surface area contributed by atoms with Crippen LogP contribution in [0.25, 0.3) is 11.8 Å². The summed E-state index contributed by atoms with van der Waals surface area (Å²) >= 11 is 0. The van der Waals surface area contributed by atoms with Gasteiger partial charge in [0.25, 0.3) is 0 Å². The van der Waals surface area contributed by atoms with Crippen molar-refractivity contribution in [2.45, 2.75) is 0 Å². The third-order valence-electron chi connectivity index (χ3n) is 3.40. The molecule has 0 amide bonds. The molecule has 3 aromatic rings. The number of benzene rings is 2. The van der Waals surface area contributed by atoms with Gasteiger partial charge < -0.3 is 9.30 Å². The molecule has 0 spiro atoms. The molecule has 0 N–H and O–H groups in total. The van der Waals surface area contributed by atoms with Crippen LogP contribution < -0.4 is 0 Å². The number of carbonyl (C=O) groups excluding carboxylic acids is 1. The summed E-state index contributed by atoms with van der Waals surface area (Å²) in [5.74, 6) is -0.322. The highest BCUT2D eigenvalue weighted by molar-refractivity contribution is 5.90. The highest BCUT2D eigenvalue weighted by atomic mass is 16.5. The molecule has 0 aliphatic rings. The molecule has 1 aromatic heterocycles. The van der Waals surface area contributed by atoms with E-state index in [1.165, 1.54) is 0 Å². The minimum absolute atomic E-state index is 0.251. The van der Waals surface area contributed by atoms with Crippen molar-refractivity contribution in [1.82, 2.24) is 4.57 Å². The van der Waals surface area contributed by atoms with Gasteiger partial charge >= 0.3 is 5.97 Å². The lowest BCUT2D eigenvalue weighted by molar-refractivity contribution is 0.0550. The maximum atomic E-state index is 12.1. The molecule has 114 valence electrons. The Bertz CT molecular complexity index is 790. The third kappa shape index (κ3) is 3.98. The van der Waals surface area contributed by atoms with Crippen LogP contribution in [0.15, 0.2) is 85.2 Å². The second-order valence-corrected chi connectivity index (χ2v) is 5.05. The third-order valence-corrected chi connectivity index (χ3v) is 3.40. The largest absolute Gasteiger partial charge is 0.458 e. The van der Waals surface area contributed by atoms with E-state index in [9.17, 15) is 4.79 Å². The van der Waals surface area contributed by atoms with Crippen molar-refractivity contribution < 1.29 is 9.53 Å². The zero-order chi connectivity index (χ0) is 15.9. The Morgan fingerprint density at radius 3 is 2.52 bits per heavy atom. The van der Waals surface area contributed by atoms with Crippen LogP contribution in [0.5, 0.6) is 0 Å². The second-order valence-electron chi connectivity index (χ2n) is 5.05. The molecular formula is C20H17NO2. The average Bonchev–Trinajstić information content (AvgIpc) is 3.14. The first-order chi connectivity index (χ1) is 11.3. The smallest absolute Gasteiger partial charge is 0.338 e. The van der Waals surface area contributed by atoms with Gasteiger partial charge in [-0.1, -0.05) is 42.5 Å². The summed E-state index contributed by atoms with van der Waals surface area (Å²) in [6.45, 7) is 0.251. The number of aromatic nitrogens is 1. The molecule has 0 fully saturated rings. The molecule has 3 rings (SSSR count). The minimum Gasteiger partial charge on any atom is -0.458 e. The maximum absolute atomic E-state index is 12.1. The zero-order valence-electron chi connectivity index (χ0n) is 12.6. The SMILES string of the molecule is O=C(OC/C=C/c1ccccc1)c1cccc(-n2cccc2)c1. The van der Waals surface area contributed by atoms with E-state index < -0.39 is 0 Å². The molecule has 0 aliphatic carbocycles. The normalized spacial score (nSPS) is 10.8. The molecular weight excluding hydrogens is 286 g/mol. The summed E-state index contributed by atoms with van der Waals surface area (Å²) in [6.07, 6.45) is 7.65. The Labute approximate surface area is 135 Å². The Kier molecular flexibility index (Phi) is 4.69. The van der Waals surface area contributed by atoms with Gasteiger partial charge in [-0.25, -0.2) is 4.79 Å². The van der Waals surface area contributed by atoms with Crippen LogP contribution in [0.4, 0.5) is 0 Å². The van der Waals surface area contributed by atoms with Gasteiger partial charge in [0.2, 0.25) is 0 Å². The molecule has 0 atom stereocenters. The van der Waals surface area contributed by atoms with Crippen molar-refractivity contribution in [1.29, 1.82) is 0 Å². The van der Waals surface area contributed by atoms with Crippen LogP contribution >= 0.6 is 0 Å². The van der Waals surface area contributed by atoms with Gasteiger partial charge in [-0.05, 0) is 42.0 Å². The van der Waals surface area contributed by atoms with Gasteiger partial charge in [0.15, 0.2) is 0 Å². The van der Waals surface area contributed by atoms with E-state index >= 15 is 0 Å². The molecule has 1 heterocycles. The van der Waals surface area contributed by atoms with E-state index in [1.807, 2.05) is 89.8 Å². The number of ether oxygens (including phenoxy) is 1. The lowest BCUT2D eigenvalue weighted by Gasteiger charge is -2.06. The van der Waals surface area contributed by atoms with Crippen LogP contribution in [0.3, 0.4) is 0 Å². The Morgan fingerprint density at radius 2 is 1.74 bits per heavy atom. The van der Waals surface area contributed by atoms with E-state index in [4.69, 9.17) is 4.74 Å². The summed E-state index contributed by atoms with van der Waals surface area (Å²) in [5, 5.41) is 0. The van der Waals surface area contributed by atoms with E-state index in [1.54, 1.807) is 6.07 Å². The summed E-state index contributed by atoms with van der Waals surface area (Å²) < 4.78 is 7.24. The standard InChI is InChI=1S/C20H17NO2/c22-20(23-15-7-10-17-8-2-1-3-9-17)18-11-6-12-19(16-18)21-13-4-5-14-21/h1-14,16H,15H2/b10-7+. The van der Waals surface area contributed by atoms with Crippen molar-refractivity contribution >= 4 is 12.0 Å². The van der Waals surface area contributed by atoms with E-state index in [2.05, 4.69) is 0 Å². The molecule has 0 bridgehead atoms. The summed E-state index contributed by atoms with van der Waals surface area (Å²) in [5.41, 5.74) is 2.56. The minimum atomic E-state index is -0.322. The monoisotopic (exact) mass is 303 g/mol. The molecule has 2 aromatic carbocycles. The fourth-order valence-electron chi connectivity index (χ4n) is 2.26. The van der Waals surface area contributed by atoms with Gasteiger partial charge in [0.05, 0.1) is 5.56 Å². The molecule has 3 nitrogen and oxygen atoms in total. The molecule has 0 saturated carbocycles. The number of hydrogen-bond acceptors (Lipinski definition) is 2. The van der Waals surface area contributed by atoms with E-state index in [0.717, 1.165) is 11.3 Å². The highest BCUT2D eigenvalue weighted by Crippen LogP contribution is 2.12. The highest BCUT2D eigenvalue weighted by Gasteiger charge is 2.07. The first-order valence-electron chi connectivity index (χ1n) is 7.45. The maximum Gasteiger partial charge on any atom is 0.338 e. The topological polar surface area (TPSA) is 31.2 Å². The van der Waals surface area contributed by atoms with Crippen molar-refractivity contribution in [3.05, 3.63) is 96.3 Å². The number of hydrogen-bond donors (Lipinski definition) is 0. The lowest BCUT2D eigenvalue weighted by Crippen LogP contribution is -2.05. The molecule has 0 radical (unpaired) electrons. The van der Waals surface area contributed by atoms with Crippen molar-refractivity contribution in [2.24, 2.45) is 0 Å². The van der Waals surface area contributed by atoms with Gasteiger partial charge in [0.1, 0.15) is 6.61 Å². The average molecular weight is 303 g/mol. The molecule has 0 unspecified atom stereocenters. The number of esters is 1. The van der Waals surface area contributed by atoms with Crippen LogP contribution in [0.1, 0.15) is 15.9 Å². The van der Waals surface area contributed by atoms with E-state index in [0.29, 0.717) is 5.56 Å². The molecule has 23 heavy (non-hydrogen) atoms. The first kappa shape index (κ1) is 14.9. The van der Waals surface area contributed by atoms with Crippen LogP contribution in [0.2, 0.25) is 0 Å². The van der Waals surface area contributed by atoms with Crippen LogP contribution in [0, 0.1) is 0 Å². The summed E-state index contributed by atoms with van der Waals surface area (Å²) in [6, 6.07) is 21.2. The predicted octanol–water partition coefficient (Wildman–Crippen LogP) is 4.35. The lowest BCUT2D eigenvalue weighted by atomic mass is 10.2. The molecule has 0 aliphatic heterocycles. The first-order valence-corrected chi connectivity index (χ1v) is 7.45. The summed E-state index contributed by atoms with van der Waals surface area (Å²) in [4.78, 5) is 12.1. The van der Waals surface area contributed by atoms with Gasteiger partial charge in [-0.2, -0.15) is 0 Å². The van der Waals surface area contributed by atoms with Crippen molar-refractivity contribution in [3.63, 3.8) is 0 Å². The van der Waals surface area contributed by atoms with E-state index in [-0.39, 0.29) is 12.6 Å². The fraction of sp³-hybridized carbons (Fsp3) is 0.0500. The van der Waals surface area contributed by atoms with Crippen LogP contribution in [-0.4, -0.2) is 17.1 Å². The second kappa shape index (κ2) is 7.27. The van der Waals surface area contributed by atoms with Gasteiger partial charge in [-0.3, -0.25) is 0 Å².